The van der Waals surface area contributed by atoms with Gasteiger partial charge in [0.25, 0.3) is 0 Å². The number of rotatable bonds is 11. The van der Waals surface area contributed by atoms with Crippen LogP contribution in [0.25, 0.3) is 0 Å². The summed E-state index contributed by atoms with van der Waals surface area (Å²) in [5.74, 6) is -1.06. The van der Waals surface area contributed by atoms with Crippen LogP contribution in [-0.4, -0.2) is 33.9 Å². The molecule has 0 fully saturated rings. The Labute approximate surface area is 140 Å². The summed E-state index contributed by atoms with van der Waals surface area (Å²) < 4.78 is 0. The fourth-order valence-electron chi connectivity index (χ4n) is 1.71. The van der Waals surface area contributed by atoms with Gasteiger partial charge >= 0.3 is 11.9 Å². The molecule has 0 heterocycles. The maximum absolute atomic E-state index is 10.5. The van der Waals surface area contributed by atoms with Crippen molar-refractivity contribution in [1.29, 1.82) is 0 Å². The van der Waals surface area contributed by atoms with Crippen LogP contribution in [-0.2, 0) is 9.59 Å². The first-order valence-electron chi connectivity index (χ1n) is 6.84. The monoisotopic (exact) mass is 346 g/mol. The van der Waals surface area contributed by atoms with E-state index in [1.54, 1.807) is 12.2 Å². The molecule has 0 aliphatic carbocycles. The quantitative estimate of drug-likeness (QED) is 0.334. The molecule has 22 heavy (non-hydrogen) atoms. The van der Waals surface area contributed by atoms with E-state index in [9.17, 15) is 9.59 Å². The second-order valence-electron chi connectivity index (χ2n) is 4.36. The fourth-order valence-corrected chi connectivity index (χ4v) is 1.98. The van der Waals surface area contributed by atoms with Gasteiger partial charge in [-0.1, -0.05) is 24.3 Å². The van der Waals surface area contributed by atoms with Crippen LogP contribution in [0.5, 0.6) is 0 Å². The molecule has 2 N–H and O–H groups in total. The number of halogens is 2. The molecule has 0 aliphatic rings. The molecule has 0 unspecified atom stereocenters. The van der Waals surface area contributed by atoms with Crippen LogP contribution < -0.4 is 0 Å². The van der Waals surface area contributed by atoms with Crippen LogP contribution in [0.3, 0.4) is 0 Å². The van der Waals surface area contributed by atoms with E-state index in [-0.39, 0.29) is 0 Å². The number of hydrogen-bond donors (Lipinski definition) is 2. The van der Waals surface area contributed by atoms with Crippen molar-refractivity contribution in [2.24, 2.45) is 0 Å². The molecule has 0 bridgehead atoms. The van der Waals surface area contributed by atoms with Crippen molar-refractivity contribution in [3.05, 3.63) is 47.6 Å². The molecule has 122 valence electrons. The lowest BCUT2D eigenvalue weighted by Gasteiger charge is -2.10. The predicted octanol–water partition coefficient (Wildman–Crippen LogP) is 4.16. The highest BCUT2D eigenvalue weighted by Gasteiger charge is 2.04. The van der Waals surface area contributed by atoms with E-state index < -0.39 is 11.9 Å². The van der Waals surface area contributed by atoms with Crippen LogP contribution in [0.2, 0.25) is 0 Å². The zero-order chi connectivity index (χ0) is 16.8. The van der Waals surface area contributed by atoms with Crippen LogP contribution in [0.15, 0.2) is 47.6 Å². The van der Waals surface area contributed by atoms with Gasteiger partial charge in [-0.25, -0.2) is 9.59 Å². The molecule has 0 atom stereocenters. The van der Waals surface area contributed by atoms with Crippen molar-refractivity contribution in [1.82, 2.24) is 0 Å². The number of carboxylic acid groups (broad SMARTS) is 2. The van der Waals surface area contributed by atoms with Gasteiger partial charge in [-0.05, 0) is 36.8 Å². The molecule has 6 heteroatoms. The second kappa shape index (κ2) is 13.2. The first kappa shape index (κ1) is 20.5. The standard InChI is InChI=1S/C16H20Cl2O4/c17-11-3-7-13(5-1-9-15(19)20)14(8-4-12-18)6-2-10-16(21)22/h1-2,5-6,9-10H,3-4,7-8,11-12H2,(H,19,20)(H,21,22)/b9-1+,10-2+,13-5-,14-6-. The largest absolute Gasteiger partial charge is 0.478 e. The molecule has 0 radical (unpaired) electrons. The van der Waals surface area contributed by atoms with E-state index in [4.69, 9.17) is 33.4 Å². The van der Waals surface area contributed by atoms with E-state index >= 15 is 0 Å². The van der Waals surface area contributed by atoms with Crippen LogP contribution in [0, 0.1) is 0 Å². The Hall–Kier alpha value is -1.52. The average Bonchev–Trinajstić information content (AvgIpc) is 2.46. The van der Waals surface area contributed by atoms with Crippen LogP contribution in [0.4, 0.5) is 0 Å². The van der Waals surface area contributed by atoms with Gasteiger partial charge in [0.15, 0.2) is 0 Å². The van der Waals surface area contributed by atoms with E-state index in [1.165, 1.54) is 12.2 Å². The summed E-state index contributed by atoms with van der Waals surface area (Å²) in [4.78, 5) is 21.1. The highest BCUT2D eigenvalue weighted by molar-refractivity contribution is 6.18. The summed E-state index contributed by atoms with van der Waals surface area (Å²) in [6, 6.07) is 0. The lowest BCUT2D eigenvalue weighted by molar-refractivity contribution is -0.132. The highest BCUT2D eigenvalue weighted by atomic mass is 35.5. The molecular formula is C16H20Cl2O4. The van der Waals surface area contributed by atoms with Gasteiger partial charge in [0.1, 0.15) is 0 Å². The number of carboxylic acids is 2. The minimum atomic E-state index is -1.02. The van der Waals surface area contributed by atoms with Gasteiger partial charge in [0.2, 0.25) is 0 Å². The lowest BCUT2D eigenvalue weighted by atomic mass is 9.96. The molecule has 0 rings (SSSR count). The predicted molar refractivity (Wildman–Crippen MR) is 89.6 cm³/mol. The van der Waals surface area contributed by atoms with Crippen LogP contribution >= 0.6 is 23.2 Å². The summed E-state index contributed by atoms with van der Waals surface area (Å²) >= 11 is 11.4. The molecule has 0 aromatic rings. The summed E-state index contributed by atoms with van der Waals surface area (Å²) in [6.45, 7) is 0. The second-order valence-corrected chi connectivity index (χ2v) is 5.12. The summed E-state index contributed by atoms with van der Waals surface area (Å²) in [5.41, 5.74) is 1.86. The molecule has 0 spiro atoms. The van der Waals surface area contributed by atoms with Crippen molar-refractivity contribution < 1.29 is 19.8 Å². The van der Waals surface area contributed by atoms with Crippen molar-refractivity contribution in [2.75, 3.05) is 11.8 Å². The van der Waals surface area contributed by atoms with Crippen molar-refractivity contribution in [3.8, 4) is 0 Å². The van der Waals surface area contributed by atoms with E-state index in [0.717, 1.165) is 36.1 Å². The van der Waals surface area contributed by atoms with Gasteiger partial charge in [0.05, 0.1) is 0 Å². The van der Waals surface area contributed by atoms with Gasteiger partial charge in [-0.2, -0.15) is 0 Å². The first-order valence-corrected chi connectivity index (χ1v) is 7.90. The Kier molecular flexibility index (Phi) is 12.3. The Balaban J connectivity index is 5.31. The Morgan fingerprint density at radius 2 is 1.14 bits per heavy atom. The smallest absolute Gasteiger partial charge is 0.328 e. The summed E-state index contributed by atoms with van der Waals surface area (Å²) in [7, 11) is 0. The number of alkyl halides is 2. The van der Waals surface area contributed by atoms with Gasteiger partial charge in [-0.3, -0.25) is 0 Å². The molecular weight excluding hydrogens is 327 g/mol. The molecule has 0 aromatic heterocycles. The molecule has 0 saturated heterocycles. The lowest BCUT2D eigenvalue weighted by Crippen LogP contribution is -1.94. The summed E-state index contributed by atoms with van der Waals surface area (Å²) in [6.07, 6.45) is 11.3. The van der Waals surface area contributed by atoms with Crippen molar-refractivity contribution in [3.63, 3.8) is 0 Å². The zero-order valence-electron chi connectivity index (χ0n) is 12.2. The minimum absolute atomic E-state index is 0.494. The van der Waals surface area contributed by atoms with E-state index in [0.29, 0.717) is 24.6 Å². The third kappa shape index (κ3) is 11.2. The molecule has 0 saturated carbocycles. The number of hydrogen-bond acceptors (Lipinski definition) is 2. The summed E-state index contributed by atoms with van der Waals surface area (Å²) in [5, 5.41) is 17.3. The topological polar surface area (TPSA) is 74.6 Å². The van der Waals surface area contributed by atoms with Crippen molar-refractivity contribution >= 4 is 35.1 Å². The number of aliphatic carboxylic acids is 2. The maximum atomic E-state index is 10.5. The normalized spacial score (nSPS) is 13.2. The minimum Gasteiger partial charge on any atom is -0.478 e. The SMILES string of the molecule is O=C(O)/C=C/C=C(CCCCl)\C(=C/C=C/C(=O)O)CCCCl. The van der Waals surface area contributed by atoms with E-state index in [2.05, 4.69) is 0 Å². The average molecular weight is 347 g/mol. The third-order valence-electron chi connectivity index (χ3n) is 2.64. The molecule has 0 aromatic carbocycles. The third-order valence-corrected chi connectivity index (χ3v) is 3.18. The Bertz CT molecular complexity index is 433. The van der Waals surface area contributed by atoms with E-state index in [1.807, 2.05) is 0 Å². The molecule has 4 nitrogen and oxygen atoms in total. The number of carbonyl (C=O) groups is 2. The first-order chi connectivity index (χ1) is 10.5. The fraction of sp³-hybridized carbons (Fsp3) is 0.375. The van der Waals surface area contributed by atoms with Gasteiger partial charge in [0, 0.05) is 23.9 Å². The molecule has 0 aliphatic heterocycles. The maximum Gasteiger partial charge on any atom is 0.328 e. The zero-order valence-corrected chi connectivity index (χ0v) is 13.7. The van der Waals surface area contributed by atoms with Gasteiger partial charge in [-0.15, -0.1) is 23.2 Å². The Morgan fingerprint density at radius 3 is 1.41 bits per heavy atom. The van der Waals surface area contributed by atoms with Crippen LogP contribution in [0.1, 0.15) is 25.7 Å². The number of allylic oxidation sites excluding steroid dienone is 6. The Morgan fingerprint density at radius 1 is 0.773 bits per heavy atom. The van der Waals surface area contributed by atoms with Crippen molar-refractivity contribution in [2.45, 2.75) is 25.7 Å². The van der Waals surface area contributed by atoms with Gasteiger partial charge < -0.3 is 10.2 Å². The molecule has 0 amide bonds. The highest BCUT2D eigenvalue weighted by Crippen LogP contribution is 2.22.